The molecule has 4 heterocycles. The Balaban J connectivity index is 1.25. The van der Waals surface area contributed by atoms with Crippen LogP contribution in [0.15, 0.2) is 164 Å². The molecule has 5 nitrogen and oxygen atoms in total. The Bertz CT molecular complexity index is 3070. The molecule has 0 fully saturated rings. The smallest absolute Gasteiger partial charge is 0.238 e. The first-order valence-corrected chi connectivity index (χ1v) is 16.9. The number of hydrogen-bond donors (Lipinski definition) is 0. The minimum absolute atomic E-state index is 0.592. The molecule has 0 aliphatic carbocycles. The van der Waals surface area contributed by atoms with Crippen molar-refractivity contribution in [3.05, 3.63) is 164 Å². The monoisotopic (exact) mass is 637 g/mol. The summed E-state index contributed by atoms with van der Waals surface area (Å²) in [7, 11) is 0. The van der Waals surface area contributed by atoms with Crippen LogP contribution in [0.1, 0.15) is 0 Å². The number of nitrogens with zero attached hydrogens (tertiary/aromatic N) is 5. The van der Waals surface area contributed by atoms with Crippen molar-refractivity contribution in [2.24, 2.45) is 0 Å². The maximum absolute atomic E-state index is 5.25. The third-order valence-electron chi connectivity index (χ3n) is 10.1. The summed E-state index contributed by atoms with van der Waals surface area (Å²) in [6.07, 6.45) is 0. The zero-order valence-corrected chi connectivity index (χ0v) is 26.8. The number of rotatable bonds is 4. The average Bonchev–Trinajstić information content (AvgIpc) is 3.67. The third kappa shape index (κ3) is 3.80. The van der Waals surface area contributed by atoms with Gasteiger partial charge >= 0.3 is 0 Å². The summed E-state index contributed by atoms with van der Waals surface area (Å²) < 4.78 is 4.69. The average molecular weight is 638 g/mol. The van der Waals surface area contributed by atoms with Crippen LogP contribution in [0.2, 0.25) is 0 Å². The van der Waals surface area contributed by atoms with Gasteiger partial charge in [0.25, 0.3) is 0 Å². The summed E-state index contributed by atoms with van der Waals surface area (Å²) in [5, 5.41) is 7.30. The Morgan fingerprint density at radius 2 is 0.820 bits per heavy atom. The molecular weight excluding hydrogens is 611 g/mol. The van der Waals surface area contributed by atoms with Gasteiger partial charge in [-0.15, -0.1) is 0 Å². The molecule has 0 aliphatic rings. The zero-order chi connectivity index (χ0) is 32.8. The van der Waals surface area contributed by atoms with E-state index in [1.165, 1.54) is 54.4 Å². The van der Waals surface area contributed by atoms with Crippen molar-refractivity contribution < 1.29 is 0 Å². The second-order valence-electron chi connectivity index (χ2n) is 12.9. The maximum atomic E-state index is 5.25. The minimum atomic E-state index is 0.592. The molecule has 5 heteroatoms. The summed E-state index contributed by atoms with van der Waals surface area (Å²) in [5.74, 6) is 1.86. The Kier molecular flexibility index (Phi) is 5.60. The van der Waals surface area contributed by atoms with Crippen LogP contribution in [-0.2, 0) is 0 Å². The fourth-order valence-electron chi connectivity index (χ4n) is 7.94. The molecule has 0 saturated heterocycles. The van der Waals surface area contributed by atoms with Gasteiger partial charge in [0.15, 0.2) is 11.6 Å². The molecule has 50 heavy (non-hydrogen) atoms. The van der Waals surface area contributed by atoms with Crippen LogP contribution >= 0.6 is 0 Å². The molecule has 0 spiro atoms. The van der Waals surface area contributed by atoms with Crippen LogP contribution in [0.3, 0.4) is 0 Å². The molecular formula is C45H27N5. The number of hydrogen-bond acceptors (Lipinski definition) is 3. The van der Waals surface area contributed by atoms with Crippen molar-refractivity contribution in [1.29, 1.82) is 0 Å². The molecule has 0 N–H and O–H groups in total. The summed E-state index contributed by atoms with van der Waals surface area (Å²) in [5.41, 5.74) is 9.92. The van der Waals surface area contributed by atoms with Crippen LogP contribution in [0.4, 0.5) is 0 Å². The molecule has 0 radical (unpaired) electrons. The van der Waals surface area contributed by atoms with E-state index in [1.54, 1.807) is 0 Å². The van der Waals surface area contributed by atoms with E-state index in [-0.39, 0.29) is 0 Å². The van der Waals surface area contributed by atoms with Crippen molar-refractivity contribution >= 4 is 59.9 Å². The Hall–Kier alpha value is -6.85. The van der Waals surface area contributed by atoms with Gasteiger partial charge in [0.05, 0.1) is 27.6 Å². The predicted molar refractivity (Wildman–Crippen MR) is 205 cm³/mol. The molecule has 0 bridgehead atoms. The summed E-state index contributed by atoms with van der Waals surface area (Å²) in [6, 6.07) is 57.7. The van der Waals surface area contributed by atoms with E-state index in [4.69, 9.17) is 15.0 Å². The van der Waals surface area contributed by atoms with E-state index in [9.17, 15) is 0 Å². The van der Waals surface area contributed by atoms with Gasteiger partial charge in [0.2, 0.25) is 5.95 Å². The Labute approximate surface area is 286 Å². The van der Waals surface area contributed by atoms with E-state index in [1.807, 2.05) is 24.3 Å². The van der Waals surface area contributed by atoms with Crippen molar-refractivity contribution in [2.45, 2.75) is 0 Å². The summed E-state index contributed by atoms with van der Waals surface area (Å²) in [6.45, 7) is 0. The van der Waals surface area contributed by atoms with Crippen LogP contribution in [0.25, 0.3) is 99.8 Å². The molecule has 232 valence electrons. The standard InChI is InChI=1S/C45H27N5/c1-3-12-28(13-4-1)29-22-24-31(25-23-29)44-46-43(30-14-5-2-6-15-30)47-45(48-44)50-38-21-11-18-34-32-16-7-9-19-36(32)49-37-20-10-8-17-33(37)35-26-27-39(50)41(40(34)38)42(35)49/h1-27H. The van der Waals surface area contributed by atoms with Crippen LogP contribution in [0, 0.1) is 0 Å². The first kappa shape index (κ1) is 27.1. The van der Waals surface area contributed by atoms with E-state index in [0.29, 0.717) is 17.6 Å². The molecule has 0 amide bonds. The van der Waals surface area contributed by atoms with Crippen molar-refractivity contribution in [3.8, 4) is 39.9 Å². The Morgan fingerprint density at radius 1 is 0.320 bits per heavy atom. The molecule has 4 aromatic heterocycles. The molecule has 11 rings (SSSR count). The summed E-state index contributed by atoms with van der Waals surface area (Å²) in [4.78, 5) is 15.5. The van der Waals surface area contributed by atoms with Crippen molar-refractivity contribution in [2.75, 3.05) is 0 Å². The van der Waals surface area contributed by atoms with E-state index in [0.717, 1.165) is 27.7 Å². The minimum Gasteiger partial charge on any atom is -0.308 e. The molecule has 7 aromatic carbocycles. The number of para-hydroxylation sites is 2. The van der Waals surface area contributed by atoms with Gasteiger partial charge in [0.1, 0.15) is 0 Å². The van der Waals surface area contributed by atoms with Crippen LogP contribution in [-0.4, -0.2) is 23.9 Å². The first-order chi connectivity index (χ1) is 24.8. The zero-order valence-electron chi connectivity index (χ0n) is 26.8. The van der Waals surface area contributed by atoms with Crippen LogP contribution < -0.4 is 0 Å². The highest BCUT2D eigenvalue weighted by molar-refractivity contribution is 6.33. The van der Waals surface area contributed by atoms with Crippen molar-refractivity contribution in [1.82, 2.24) is 23.9 Å². The fourth-order valence-corrected chi connectivity index (χ4v) is 7.94. The number of benzene rings is 7. The second kappa shape index (κ2) is 10.3. The quantitative estimate of drug-likeness (QED) is 0.193. The lowest BCUT2D eigenvalue weighted by Crippen LogP contribution is -2.06. The third-order valence-corrected chi connectivity index (χ3v) is 10.1. The van der Waals surface area contributed by atoms with Gasteiger partial charge < -0.3 is 4.40 Å². The fraction of sp³-hybridized carbons (Fsp3) is 0. The highest BCUT2D eigenvalue weighted by Gasteiger charge is 2.24. The van der Waals surface area contributed by atoms with Crippen LogP contribution in [0.5, 0.6) is 0 Å². The lowest BCUT2D eigenvalue weighted by Gasteiger charge is -2.11. The van der Waals surface area contributed by atoms with E-state index in [2.05, 4.69) is 148 Å². The van der Waals surface area contributed by atoms with Gasteiger partial charge in [-0.1, -0.05) is 140 Å². The Morgan fingerprint density at radius 3 is 1.52 bits per heavy atom. The molecule has 11 aromatic rings. The number of aromatic nitrogens is 5. The van der Waals surface area contributed by atoms with Gasteiger partial charge in [0, 0.05) is 38.1 Å². The molecule has 0 saturated carbocycles. The molecule has 0 atom stereocenters. The van der Waals surface area contributed by atoms with Gasteiger partial charge in [-0.2, -0.15) is 9.97 Å². The second-order valence-corrected chi connectivity index (χ2v) is 12.9. The van der Waals surface area contributed by atoms with Gasteiger partial charge in [-0.25, -0.2) is 4.98 Å². The first-order valence-electron chi connectivity index (χ1n) is 16.9. The largest absolute Gasteiger partial charge is 0.308 e. The lowest BCUT2D eigenvalue weighted by molar-refractivity contribution is 0.954. The number of fused-ring (bicyclic) bond motifs is 6. The topological polar surface area (TPSA) is 48.0 Å². The van der Waals surface area contributed by atoms with E-state index >= 15 is 0 Å². The maximum Gasteiger partial charge on any atom is 0.238 e. The molecule has 0 unspecified atom stereocenters. The highest BCUT2D eigenvalue weighted by atomic mass is 15.2. The summed E-state index contributed by atoms with van der Waals surface area (Å²) >= 11 is 0. The SMILES string of the molecule is c1ccc(-c2ccc(-c3nc(-c4ccccc4)nc(-n4c5cccc6c7ccccc7n7c8ccccc8c8ccc4c(c65)c87)n3)cc2)cc1. The molecule has 0 aliphatic heterocycles. The van der Waals surface area contributed by atoms with Crippen molar-refractivity contribution in [3.63, 3.8) is 0 Å². The van der Waals surface area contributed by atoms with Gasteiger partial charge in [-0.05, 0) is 40.8 Å². The lowest BCUT2D eigenvalue weighted by atomic mass is 10.0. The van der Waals surface area contributed by atoms with E-state index < -0.39 is 0 Å². The highest BCUT2D eigenvalue weighted by Crippen LogP contribution is 2.45. The van der Waals surface area contributed by atoms with Gasteiger partial charge in [-0.3, -0.25) is 4.57 Å². The predicted octanol–water partition coefficient (Wildman–Crippen LogP) is 11.1. The normalized spacial score (nSPS) is 12.0.